The van der Waals surface area contributed by atoms with Crippen molar-refractivity contribution in [2.45, 2.75) is 56.8 Å². The zero-order valence-electron chi connectivity index (χ0n) is 16.9. The fourth-order valence-electron chi connectivity index (χ4n) is 4.08. The Balaban J connectivity index is 1.58. The molecule has 1 aromatic rings. The summed E-state index contributed by atoms with van der Waals surface area (Å²) in [5.41, 5.74) is 0.483. The maximum Gasteiger partial charge on any atom is 0.303 e. The first-order valence-corrected chi connectivity index (χ1v) is 11.8. The Morgan fingerprint density at radius 2 is 1.94 bits per heavy atom. The summed E-state index contributed by atoms with van der Waals surface area (Å²) in [6, 6.07) is 5.30. The van der Waals surface area contributed by atoms with Crippen molar-refractivity contribution in [3.05, 3.63) is 57.5 Å². The molecule has 0 radical (unpaired) electrons. The molecule has 2 bridgehead atoms. The number of unbranched alkanes of at least 4 members (excludes halogenated alkanes) is 1. The van der Waals surface area contributed by atoms with Gasteiger partial charge in [0.15, 0.2) is 0 Å². The van der Waals surface area contributed by atoms with Crippen LogP contribution in [0.15, 0.2) is 41.8 Å². The van der Waals surface area contributed by atoms with Crippen LogP contribution in [0, 0.1) is 16.0 Å². The Kier molecular flexibility index (Phi) is 7.58. The number of carboxylic acid groups (broad SMARTS) is 1. The third-order valence-electron chi connectivity index (χ3n) is 5.60. The third kappa shape index (κ3) is 6.46. The Morgan fingerprint density at radius 1 is 1.23 bits per heavy atom. The minimum absolute atomic E-state index is 0.0139. The van der Waals surface area contributed by atoms with Crippen LogP contribution in [0.4, 0.5) is 5.69 Å². The highest BCUT2D eigenvalue weighted by Crippen LogP contribution is 2.41. The molecule has 3 rings (SSSR count). The lowest BCUT2D eigenvalue weighted by Gasteiger charge is -2.27. The van der Waals surface area contributed by atoms with Gasteiger partial charge in [0.25, 0.3) is 5.69 Å². The highest BCUT2D eigenvalue weighted by Gasteiger charge is 2.49. The minimum atomic E-state index is -3.73. The fraction of sp³-hybridized carbons (Fsp3) is 0.476. The van der Waals surface area contributed by atoms with Crippen LogP contribution in [0.25, 0.3) is 6.08 Å². The molecule has 10 heteroatoms. The predicted octanol–water partition coefficient (Wildman–Crippen LogP) is 3.23. The van der Waals surface area contributed by atoms with E-state index in [0.717, 1.165) is 18.2 Å². The number of rotatable bonds is 11. The number of non-ortho nitro benzene ring substituents is 1. The van der Waals surface area contributed by atoms with E-state index in [2.05, 4.69) is 4.72 Å². The number of sulfonamides is 1. The summed E-state index contributed by atoms with van der Waals surface area (Å²) in [4.78, 5) is 20.8. The molecule has 31 heavy (non-hydrogen) atoms. The third-order valence-corrected chi connectivity index (χ3v) is 6.70. The van der Waals surface area contributed by atoms with Crippen molar-refractivity contribution in [2.75, 3.05) is 0 Å². The van der Waals surface area contributed by atoms with E-state index >= 15 is 0 Å². The van der Waals surface area contributed by atoms with E-state index in [4.69, 9.17) is 9.84 Å². The van der Waals surface area contributed by atoms with Gasteiger partial charge in [-0.25, -0.2) is 13.1 Å². The number of hydrogen-bond donors (Lipinski definition) is 2. The van der Waals surface area contributed by atoms with Gasteiger partial charge < -0.3 is 9.84 Å². The largest absolute Gasteiger partial charge is 0.481 e. The first-order valence-electron chi connectivity index (χ1n) is 10.2. The number of benzene rings is 1. The van der Waals surface area contributed by atoms with Gasteiger partial charge in [0.1, 0.15) is 0 Å². The second kappa shape index (κ2) is 10.2. The molecule has 2 fully saturated rings. The van der Waals surface area contributed by atoms with E-state index in [9.17, 15) is 23.3 Å². The van der Waals surface area contributed by atoms with Gasteiger partial charge in [-0.3, -0.25) is 14.9 Å². The van der Waals surface area contributed by atoms with Crippen molar-refractivity contribution in [2.24, 2.45) is 5.92 Å². The highest BCUT2D eigenvalue weighted by molar-refractivity contribution is 7.92. The Labute approximate surface area is 181 Å². The van der Waals surface area contributed by atoms with Crippen LogP contribution in [-0.2, 0) is 19.6 Å². The standard InChI is InChI=1S/C21H26N2O7S/c24-20(25)6-4-2-1-3-5-17-18-11-12-19(30-18)21(17)22-31(28,29)14-13-15-7-9-16(10-8-15)23(26)27/h1,3,7-10,13-14,17-19,21-22H,2,4-6,11-12H2,(H,24,25)/b3-1+,14-13+. The molecule has 4 atom stereocenters. The van der Waals surface area contributed by atoms with Crippen molar-refractivity contribution >= 4 is 27.8 Å². The fourth-order valence-corrected chi connectivity index (χ4v) is 5.20. The number of hydrogen-bond acceptors (Lipinski definition) is 6. The molecule has 9 nitrogen and oxygen atoms in total. The summed E-state index contributed by atoms with van der Waals surface area (Å²) < 4.78 is 33.9. The van der Waals surface area contributed by atoms with Crippen LogP contribution in [-0.4, -0.2) is 42.7 Å². The quantitative estimate of drug-likeness (QED) is 0.229. The SMILES string of the molecule is O=C(O)CCC/C=C/CC1C2CCC(O2)C1NS(=O)(=O)/C=C/c1ccc([N+](=O)[O-])cc1. The Hall–Kier alpha value is -2.56. The number of nitrogens with one attached hydrogen (secondary N) is 1. The van der Waals surface area contributed by atoms with Crippen LogP contribution in [0.1, 0.15) is 44.1 Å². The Morgan fingerprint density at radius 3 is 2.61 bits per heavy atom. The van der Waals surface area contributed by atoms with Crippen LogP contribution in [0.2, 0.25) is 0 Å². The number of allylic oxidation sites excluding steroid dienone is 2. The maximum atomic E-state index is 12.6. The molecule has 2 heterocycles. The summed E-state index contributed by atoms with van der Waals surface area (Å²) in [7, 11) is -3.73. The van der Waals surface area contributed by atoms with E-state index in [-0.39, 0.29) is 36.3 Å². The molecule has 2 aliphatic rings. The van der Waals surface area contributed by atoms with Crippen molar-refractivity contribution in [1.29, 1.82) is 0 Å². The lowest BCUT2D eigenvalue weighted by atomic mass is 9.83. The highest BCUT2D eigenvalue weighted by atomic mass is 32.2. The van der Waals surface area contributed by atoms with Crippen LogP contribution in [0.5, 0.6) is 0 Å². The number of aliphatic carboxylic acids is 1. The molecule has 168 valence electrons. The monoisotopic (exact) mass is 450 g/mol. The number of nitrogens with zero attached hydrogens (tertiary/aromatic N) is 1. The van der Waals surface area contributed by atoms with E-state index in [1.165, 1.54) is 30.3 Å². The lowest BCUT2D eigenvalue weighted by molar-refractivity contribution is -0.384. The van der Waals surface area contributed by atoms with Gasteiger partial charge in [-0.15, -0.1) is 0 Å². The van der Waals surface area contributed by atoms with Gasteiger partial charge >= 0.3 is 5.97 Å². The number of carbonyl (C=O) groups is 1. The van der Waals surface area contributed by atoms with Gasteiger partial charge in [0.05, 0.1) is 23.2 Å². The second-order valence-electron chi connectivity index (χ2n) is 7.79. The predicted molar refractivity (Wildman–Crippen MR) is 115 cm³/mol. The molecule has 0 aliphatic carbocycles. The summed E-state index contributed by atoms with van der Waals surface area (Å²) in [6.45, 7) is 0. The van der Waals surface area contributed by atoms with Gasteiger partial charge in [-0.05, 0) is 55.9 Å². The summed E-state index contributed by atoms with van der Waals surface area (Å²) >= 11 is 0. The molecule has 0 spiro atoms. The van der Waals surface area contributed by atoms with E-state index in [1.54, 1.807) is 0 Å². The van der Waals surface area contributed by atoms with Gasteiger partial charge in [0.2, 0.25) is 10.0 Å². The molecular weight excluding hydrogens is 424 g/mol. The smallest absolute Gasteiger partial charge is 0.303 e. The average molecular weight is 451 g/mol. The average Bonchev–Trinajstić information content (AvgIpc) is 3.31. The first kappa shape index (κ1) is 23.1. The van der Waals surface area contributed by atoms with Crippen LogP contribution >= 0.6 is 0 Å². The number of nitro groups is 1. The maximum absolute atomic E-state index is 12.6. The lowest BCUT2D eigenvalue weighted by Crippen LogP contribution is -2.46. The summed E-state index contributed by atoms with van der Waals surface area (Å²) in [6.07, 6.45) is 8.92. The number of fused-ring (bicyclic) bond motifs is 2. The molecule has 1 aromatic carbocycles. The van der Waals surface area contributed by atoms with Gasteiger partial charge in [-0.1, -0.05) is 12.2 Å². The molecule has 4 unspecified atom stereocenters. The van der Waals surface area contributed by atoms with Crippen molar-refractivity contribution in [3.8, 4) is 0 Å². The number of ether oxygens (including phenoxy) is 1. The first-order chi connectivity index (χ1) is 14.7. The molecular formula is C21H26N2O7S. The normalized spacial score (nSPS) is 25.5. The molecule has 0 aromatic heterocycles. The van der Waals surface area contributed by atoms with Crippen molar-refractivity contribution in [3.63, 3.8) is 0 Å². The summed E-state index contributed by atoms with van der Waals surface area (Å²) in [5.74, 6) is -0.789. The van der Waals surface area contributed by atoms with E-state index in [1.807, 2.05) is 12.2 Å². The molecule has 2 saturated heterocycles. The number of carboxylic acids is 1. The molecule has 2 N–H and O–H groups in total. The molecule has 2 aliphatic heterocycles. The van der Waals surface area contributed by atoms with Gasteiger partial charge in [-0.2, -0.15) is 0 Å². The second-order valence-corrected chi connectivity index (χ2v) is 9.39. The zero-order chi connectivity index (χ0) is 22.4. The topological polar surface area (TPSA) is 136 Å². The van der Waals surface area contributed by atoms with Crippen LogP contribution in [0.3, 0.4) is 0 Å². The van der Waals surface area contributed by atoms with Crippen LogP contribution < -0.4 is 4.72 Å². The van der Waals surface area contributed by atoms with Gasteiger partial charge in [0, 0.05) is 29.9 Å². The molecule has 0 saturated carbocycles. The number of nitro benzene ring substituents is 1. The Bertz CT molecular complexity index is 956. The van der Waals surface area contributed by atoms with Crippen molar-refractivity contribution < 1.29 is 28.0 Å². The zero-order valence-corrected chi connectivity index (χ0v) is 17.7. The summed E-state index contributed by atoms with van der Waals surface area (Å²) in [5, 5.41) is 20.4. The minimum Gasteiger partial charge on any atom is -0.481 e. The van der Waals surface area contributed by atoms with Crippen molar-refractivity contribution in [1.82, 2.24) is 4.72 Å². The van der Waals surface area contributed by atoms with E-state index < -0.39 is 20.9 Å². The van der Waals surface area contributed by atoms with E-state index in [0.29, 0.717) is 24.8 Å². The molecule has 0 amide bonds.